The van der Waals surface area contributed by atoms with Gasteiger partial charge in [0.25, 0.3) is 0 Å². The van der Waals surface area contributed by atoms with Crippen molar-refractivity contribution in [1.82, 2.24) is 15.3 Å². The Balaban J connectivity index is 1.29. The molecule has 2 atom stereocenters. The number of nitrogens with one attached hydrogen (secondary N) is 2. The molecule has 36 heavy (non-hydrogen) atoms. The number of thiocarbonyl (C=S) groups is 1. The van der Waals surface area contributed by atoms with E-state index in [1.165, 1.54) is 32.1 Å². The number of benzene rings is 1. The molecule has 3 aromatic rings. The van der Waals surface area contributed by atoms with Crippen molar-refractivity contribution in [2.75, 3.05) is 34.8 Å². The van der Waals surface area contributed by atoms with Gasteiger partial charge in [0.1, 0.15) is 23.2 Å². The molecule has 2 fully saturated rings. The molecule has 0 spiro atoms. The Labute approximate surface area is 219 Å². The molecule has 0 radical (unpaired) electrons. The molecule has 2 aliphatic rings. The summed E-state index contributed by atoms with van der Waals surface area (Å²) in [6, 6.07) is 16.7. The van der Waals surface area contributed by atoms with Crippen LogP contribution < -0.4 is 20.4 Å². The summed E-state index contributed by atoms with van der Waals surface area (Å²) in [5.74, 6) is 4.83. The minimum absolute atomic E-state index is 0.470. The van der Waals surface area contributed by atoms with Gasteiger partial charge in [0, 0.05) is 37.3 Å². The molecular weight excluding hydrogens is 468 g/mol. The van der Waals surface area contributed by atoms with Gasteiger partial charge in [-0.05, 0) is 69.3 Å². The van der Waals surface area contributed by atoms with E-state index in [9.17, 15) is 0 Å². The summed E-state index contributed by atoms with van der Waals surface area (Å²) >= 11 is 5.61. The maximum Gasteiger partial charge on any atom is 0.232 e. The van der Waals surface area contributed by atoms with Crippen LogP contribution in [0.2, 0.25) is 0 Å². The van der Waals surface area contributed by atoms with Crippen LogP contribution in [0.1, 0.15) is 51.7 Å². The van der Waals surface area contributed by atoms with Gasteiger partial charge in [-0.1, -0.05) is 37.3 Å². The van der Waals surface area contributed by atoms with E-state index in [2.05, 4.69) is 40.3 Å². The Morgan fingerprint density at radius 3 is 2.64 bits per heavy atom. The minimum atomic E-state index is 0.470. The molecule has 2 N–H and O–H groups in total. The zero-order valence-corrected chi connectivity index (χ0v) is 22.1. The molecule has 8 heteroatoms. The van der Waals surface area contributed by atoms with Crippen LogP contribution >= 0.6 is 12.2 Å². The van der Waals surface area contributed by atoms with Crippen LogP contribution in [0.3, 0.4) is 0 Å². The Morgan fingerprint density at radius 1 is 1.00 bits per heavy atom. The number of piperidine rings is 2. The molecule has 2 aromatic heterocycles. The van der Waals surface area contributed by atoms with E-state index in [-0.39, 0.29) is 0 Å². The minimum Gasteiger partial charge on any atom is -0.459 e. The molecular formula is C28H36N6OS. The van der Waals surface area contributed by atoms with Crippen LogP contribution in [-0.4, -0.2) is 40.8 Å². The largest absolute Gasteiger partial charge is 0.459 e. The maximum absolute atomic E-state index is 5.99. The van der Waals surface area contributed by atoms with E-state index in [1.807, 2.05) is 42.5 Å². The highest BCUT2D eigenvalue weighted by molar-refractivity contribution is 7.80. The highest BCUT2D eigenvalue weighted by atomic mass is 32.1. The molecule has 0 saturated carbocycles. The van der Waals surface area contributed by atoms with E-state index >= 15 is 0 Å². The van der Waals surface area contributed by atoms with Gasteiger partial charge >= 0.3 is 0 Å². The Kier molecular flexibility index (Phi) is 7.70. The predicted molar refractivity (Wildman–Crippen MR) is 151 cm³/mol. The lowest BCUT2D eigenvalue weighted by Crippen LogP contribution is -2.39. The van der Waals surface area contributed by atoms with Crippen molar-refractivity contribution in [2.45, 2.75) is 58.5 Å². The number of nitrogens with zero attached hydrogens (tertiary/aromatic N) is 4. The number of rotatable bonds is 6. The van der Waals surface area contributed by atoms with Crippen molar-refractivity contribution in [3.05, 3.63) is 54.3 Å². The van der Waals surface area contributed by atoms with Crippen molar-refractivity contribution in [3.63, 3.8) is 0 Å². The van der Waals surface area contributed by atoms with Gasteiger partial charge in [-0.2, -0.15) is 9.97 Å². The first-order valence-electron chi connectivity index (χ1n) is 13.1. The standard InChI is InChI=1S/C28H36N6OS/c1-20-9-8-15-33(19-20)25-17-26(34-16-7-6-10-21(34)2)31-27(30-25)32-28(36)29-18-23-13-14-24(35-23)22-11-4-3-5-12-22/h3-5,11-14,17,20-21H,6-10,15-16,18-19H2,1-2H3,(H2,29,30,31,32,36)/t20-,21+/m1/s1. The summed E-state index contributed by atoms with van der Waals surface area (Å²) < 4.78 is 5.99. The lowest BCUT2D eigenvalue weighted by molar-refractivity contribution is 0.444. The fourth-order valence-corrected chi connectivity index (χ4v) is 5.33. The lowest BCUT2D eigenvalue weighted by atomic mass is 10.0. The van der Waals surface area contributed by atoms with Crippen molar-refractivity contribution in [3.8, 4) is 11.3 Å². The molecule has 4 heterocycles. The van der Waals surface area contributed by atoms with Crippen molar-refractivity contribution >= 4 is 34.9 Å². The quantitative estimate of drug-likeness (QED) is 0.406. The van der Waals surface area contributed by atoms with E-state index < -0.39 is 0 Å². The summed E-state index contributed by atoms with van der Waals surface area (Å²) in [6.45, 7) is 8.17. The maximum atomic E-state index is 5.99. The molecule has 1 aromatic carbocycles. The van der Waals surface area contributed by atoms with Crippen LogP contribution in [-0.2, 0) is 6.54 Å². The monoisotopic (exact) mass is 504 g/mol. The fourth-order valence-electron chi connectivity index (χ4n) is 5.17. The van der Waals surface area contributed by atoms with Gasteiger partial charge in [-0.15, -0.1) is 0 Å². The molecule has 5 rings (SSSR count). The van der Waals surface area contributed by atoms with Crippen LogP contribution in [0.15, 0.2) is 52.9 Å². The number of hydrogen-bond donors (Lipinski definition) is 2. The lowest BCUT2D eigenvalue weighted by Gasteiger charge is -2.36. The number of anilines is 3. The molecule has 0 unspecified atom stereocenters. The highest BCUT2D eigenvalue weighted by Crippen LogP contribution is 2.29. The zero-order valence-electron chi connectivity index (χ0n) is 21.2. The Bertz CT molecular complexity index is 1170. The van der Waals surface area contributed by atoms with E-state index in [1.54, 1.807) is 0 Å². The summed E-state index contributed by atoms with van der Waals surface area (Å²) in [6.07, 6.45) is 6.13. The predicted octanol–water partition coefficient (Wildman–Crippen LogP) is 5.84. The normalized spacial score (nSPS) is 20.3. The average Bonchev–Trinajstić information content (AvgIpc) is 3.37. The third-order valence-electron chi connectivity index (χ3n) is 7.15. The van der Waals surface area contributed by atoms with Gasteiger partial charge in [0.05, 0.1) is 6.54 Å². The number of hydrogen-bond acceptors (Lipinski definition) is 6. The molecule has 2 saturated heterocycles. The van der Waals surface area contributed by atoms with Crippen molar-refractivity contribution in [1.29, 1.82) is 0 Å². The highest BCUT2D eigenvalue weighted by Gasteiger charge is 2.24. The van der Waals surface area contributed by atoms with E-state index in [0.29, 0.717) is 29.6 Å². The van der Waals surface area contributed by atoms with Crippen molar-refractivity contribution < 1.29 is 4.42 Å². The number of furan rings is 1. The molecule has 0 amide bonds. The molecule has 0 bridgehead atoms. The fraction of sp³-hybridized carbons (Fsp3) is 0.464. The topological polar surface area (TPSA) is 69.5 Å². The molecule has 7 nitrogen and oxygen atoms in total. The third kappa shape index (κ3) is 5.98. The summed E-state index contributed by atoms with van der Waals surface area (Å²) in [5.41, 5.74) is 1.06. The van der Waals surface area contributed by atoms with Gasteiger partial charge in [0.15, 0.2) is 5.11 Å². The van der Waals surface area contributed by atoms with Crippen molar-refractivity contribution in [2.24, 2.45) is 5.92 Å². The second-order valence-electron chi connectivity index (χ2n) is 10.1. The second kappa shape index (κ2) is 11.3. The smallest absolute Gasteiger partial charge is 0.232 e. The summed E-state index contributed by atoms with van der Waals surface area (Å²) in [4.78, 5) is 14.6. The Hall–Kier alpha value is -3.13. The summed E-state index contributed by atoms with van der Waals surface area (Å²) in [7, 11) is 0. The van der Waals surface area contributed by atoms with Crippen LogP contribution in [0.4, 0.5) is 17.6 Å². The zero-order chi connectivity index (χ0) is 24.9. The van der Waals surface area contributed by atoms with E-state index in [4.69, 9.17) is 26.6 Å². The van der Waals surface area contributed by atoms with Gasteiger partial charge in [0.2, 0.25) is 5.95 Å². The SMILES string of the molecule is C[C@@H]1CCCN(c2cc(N3CCCC[C@@H]3C)nc(NC(=S)NCc3ccc(-c4ccccc4)o3)n2)C1. The van der Waals surface area contributed by atoms with Crippen LogP contribution in [0.5, 0.6) is 0 Å². The van der Waals surface area contributed by atoms with Crippen LogP contribution in [0, 0.1) is 5.92 Å². The Morgan fingerprint density at radius 2 is 1.83 bits per heavy atom. The molecule has 0 aliphatic carbocycles. The van der Waals surface area contributed by atoms with Gasteiger partial charge in [-0.3, -0.25) is 0 Å². The first-order valence-corrected chi connectivity index (χ1v) is 13.6. The first-order chi connectivity index (χ1) is 17.5. The number of aromatic nitrogens is 2. The average molecular weight is 505 g/mol. The molecule has 190 valence electrons. The second-order valence-corrected chi connectivity index (χ2v) is 10.5. The van der Waals surface area contributed by atoms with Crippen LogP contribution in [0.25, 0.3) is 11.3 Å². The van der Waals surface area contributed by atoms with Gasteiger partial charge in [-0.25, -0.2) is 0 Å². The first kappa shape index (κ1) is 24.6. The van der Waals surface area contributed by atoms with Gasteiger partial charge < -0.3 is 24.9 Å². The third-order valence-corrected chi connectivity index (χ3v) is 7.39. The van der Waals surface area contributed by atoms with E-state index in [0.717, 1.165) is 48.4 Å². The summed E-state index contributed by atoms with van der Waals surface area (Å²) in [5, 5.41) is 6.97. The molecule has 2 aliphatic heterocycles.